The lowest BCUT2D eigenvalue weighted by molar-refractivity contribution is 0.115. The van der Waals surface area contributed by atoms with Crippen molar-refractivity contribution in [3.63, 3.8) is 0 Å². The number of nitrogens with zero attached hydrogens (tertiary/aromatic N) is 1. The molecule has 0 aromatic heterocycles. The van der Waals surface area contributed by atoms with Crippen molar-refractivity contribution >= 4 is 10.0 Å². The molecule has 7 heteroatoms. The SMILES string of the molecule is CCCC1(CO)CCN(CCOc2ccc(S(N)(=O)=O)cc2)C1. The van der Waals surface area contributed by atoms with Gasteiger partial charge in [-0.1, -0.05) is 13.3 Å². The second kappa shape index (κ2) is 7.61. The fourth-order valence-electron chi connectivity index (χ4n) is 3.18. The minimum absolute atomic E-state index is 0.0475. The van der Waals surface area contributed by atoms with Crippen LogP contribution in [0.25, 0.3) is 0 Å². The zero-order valence-corrected chi connectivity index (χ0v) is 14.4. The highest BCUT2D eigenvalue weighted by Gasteiger charge is 2.36. The van der Waals surface area contributed by atoms with E-state index in [0.29, 0.717) is 12.4 Å². The maximum atomic E-state index is 11.2. The van der Waals surface area contributed by atoms with E-state index in [4.69, 9.17) is 9.88 Å². The molecule has 1 heterocycles. The first kappa shape index (κ1) is 18.2. The lowest BCUT2D eigenvalue weighted by Crippen LogP contribution is -2.32. The molecule has 1 fully saturated rings. The van der Waals surface area contributed by atoms with Crippen LogP contribution in [-0.4, -0.2) is 51.3 Å². The van der Waals surface area contributed by atoms with Gasteiger partial charge in [0.1, 0.15) is 12.4 Å². The van der Waals surface area contributed by atoms with Crippen molar-refractivity contribution in [2.24, 2.45) is 10.6 Å². The highest BCUT2D eigenvalue weighted by molar-refractivity contribution is 7.89. The standard InChI is InChI=1S/C16H26N2O4S/c1-2-7-16(13-19)8-9-18(12-16)10-11-22-14-3-5-15(6-4-14)23(17,20)21/h3-6,19H,2,7-13H2,1H3,(H2,17,20,21). The van der Waals surface area contributed by atoms with Crippen molar-refractivity contribution < 1.29 is 18.3 Å². The van der Waals surface area contributed by atoms with Gasteiger partial charge in [-0.2, -0.15) is 0 Å². The summed E-state index contributed by atoms with van der Waals surface area (Å²) in [5.74, 6) is 0.624. The van der Waals surface area contributed by atoms with Gasteiger partial charge in [0, 0.05) is 25.1 Å². The van der Waals surface area contributed by atoms with E-state index in [1.54, 1.807) is 12.1 Å². The largest absolute Gasteiger partial charge is 0.492 e. The zero-order valence-electron chi connectivity index (χ0n) is 13.6. The number of nitrogens with two attached hydrogens (primary N) is 1. The highest BCUT2D eigenvalue weighted by atomic mass is 32.2. The molecule has 1 aliphatic rings. The molecule has 1 aromatic carbocycles. The van der Waals surface area contributed by atoms with Crippen LogP contribution in [0.3, 0.4) is 0 Å². The van der Waals surface area contributed by atoms with Crippen molar-refractivity contribution in [2.75, 3.05) is 32.8 Å². The number of likely N-dealkylation sites (tertiary alicyclic amines) is 1. The van der Waals surface area contributed by atoms with Gasteiger partial charge in [-0.3, -0.25) is 4.90 Å². The topological polar surface area (TPSA) is 92.9 Å². The maximum Gasteiger partial charge on any atom is 0.238 e. The average Bonchev–Trinajstić information content (AvgIpc) is 2.91. The van der Waals surface area contributed by atoms with Crippen LogP contribution in [0, 0.1) is 5.41 Å². The summed E-state index contributed by atoms with van der Waals surface area (Å²) in [6.07, 6.45) is 3.16. The van der Waals surface area contributed by atoms with E-state index in [1.165, 1.54) is 12.1 Å². The van der Waals surface area contributed by atoms with Gasteiger partial charge in [0.05, 0.1) is 4.90 Å². The number of primary sulfonamides is 1. The Labute approximate surface area is 138 Å². The third-order valence-electron chi connectivity index (χ3n) is 4.46. The lowest BCUT2D eigenvalue weighted by atomic mass is 9.83. The Morgan fingerprint density at radius 2 is 2.04 bits per heavy atom. The normalized spacial score (nSPS) is 22.4. The Balaban J connectivity index is 1.80. The monoisotopic (exact) mass is 342 g/mol. The van der Waals surface area contributed by atoms with Crippen molar-refractivity contribution in [1.29, 1.82) is 0 Å². The minimum atomic E-state index is -3.66. The van der Waals surface area contributed by atoms with Crippen LogP contribution < -0.4 is 9.88 Å². The molecule has 0 radical (unpaired) electrons. The summed E-state index contributed by atoms with van der Waals surface area (Å²) >= 11 is 0. The summed E-state index contributed by atoms with van der Waals surface area (Å²) in [5, 5.41) is 14.7. The third kappa shape index (κ3) is 4.91. The van der Waals surface area contributed by atoms with Gasteiger partial charge < -0.3 is 9.84 Å². The molecule has 1 aromatic rings. The predicted molar refractivity (Wildman–Crippen MR) is 88.8 cm³/mol. The van der Waals surface area contributed by atoms with Gasteiger partial charge >= 0.3 is 0 Å². The third-order valence-corrected chi connectivity index (χ3v) is 5.39. The molecule has 3 N–H and O–H groups in total. The van der Waals surface area contributed by atoms with Gasteiger partial charge in [-0.15, -0.1) is 0 Å². The molecular formula is C16H26N2O4S. The number of aliphatic hydroxyl groups excluding tert-OH is 1. The molecule has 0 amide bonds. The molecule has 0 bridgehead atoms. The van der Waals surface area contributed by atoms with Crippen LogP contribution >= 0.6 is 0 Å². The van der Waals surface area contributed by atoms with Crippen LogP contribution in [0.5, 0.6) is 5.75 Å². The molecule has 1 saturated heterocycles. The van der Waals surface area contributed by atoms with E-state index in [0.717, 1.165) is 38.9 Å². The molecule has 6 nitrogen and oxygen atoms in total. The Hall–Kier alpha value is -1.15. The number of hydrogen-bond acceptors (Lipinski definition) is 5. The molecule has 0 spiro atoms. The van der Waals surface area contributed by atoms with Crippen LogP contribution in [0.1, 0.15) is 26.2 Å². The van der Waals surface area contributed by atoms with Gasteiger partial charge in [-0.25, -0.2) is 13.6 Å². The van der Waals surface area contributed by atoms with E-state index >= 15 is 0 Å². The molecule has 130 valence electrons. The second-order valence-electron chi connectivity index (χ2n) is 6.30. The maximum absolute atomic E-state index is 11.2. The fraction of sp³-hybridized carbons (Fsp3) is 0.625. The first-order chi connectivity index (χ1) is 10.9. The molecule has 0 aliphatic carbocycles. The molecule has 1 aliphatic heterocycles. The molecule has 1 atom stereocenters. The quantitative estimate of drug-likeness (QED) is 0.740. The molecular weight excluding hydrogens is 316 g/mol. The number of aliphatic hydroxyl groups is 1. The average molecular weight is 342 g/mol. The first-order valence-corrected chi connectivity index (χ1v) is 9.52. The number of hydrogen-bond donors (Lipinski definition) is 2. The lowest BCUT2D eigenvalue weighted by Gasteiger charge is -2.26. The molecule has 2 rings (SSSR count). The summed E-state index contributed by atoms with van der Waals surface area (Å²) in [5.41, 5.74) is 0.0475. The second-order valence-corrected chi connectivity index (χ2v) is 7.86. The van der Waals surface area contributed by atoms with Crippen molar-refractivity contribution in [2.45, 2.75) is 31.1 Å². The van der Waals surface area contributed by atoms with Gasteiger partial charge in [0.25, 0.3) is 0 Å². The molecule has 0 saturated carbocycles. The van der Waals surface area contributed by atoms with Gasteiger partial charge in [0.15, 0.2) is 0 Å². The zero-order chi connectivity index (χ0) is 16.9. The van der Waals surface area contributed by atoms with Crippen molar-refractivity contribution in [3.8, 4) is 5.75 Å². The van der Waals surface area contributed by atoms with Crippen LogP contribution in [0.15, 0.2) is 29.2 Å². The summed E-state index contributed by atoms with van der Waals surface area (Å²) < 4.78 is 28.0. The van der Waals surface area contributed by atoms with Gasteiger partial charge in [-0.05, 0) is 43.7 Å². The number of ether oxygens (including phenoxy) is 1. The summed E-state index contributed by atoms with van der Waals surface area (Å²) in [6.45, 7) is 5.60. The first-order valence-electron chi connectivity index (χ1n) is 7.97. The minimum Gasteiger partial charge on any atom is -0.492 e. The van der Waals surface area contributed by atoms with Crippen LogP contribution in [0.4, 0.5) is 0 Å². The predicted octanol–water partition coefficient (Wildman–Crippen LogP) is 1.20. The smallest absolute Gasteiger partial charge is 0.238 e. The Morgan fingerprint density at radius 3 is 2.61 bits per heavy atom. The number of benzene rings is 1. The van der Waals surface area contributed by atoms with Crippen LogP contribution in [-0.2, 0) is 10.0 Å². The van der Waals surface area contributed by atoms with Gasteiger partial charge in [0.2, 0.25) is 10.0 Å². The van der Waals surface area contributed by atoms with Crippen LogP contribution in [0.2, 0.25) is 0 Å². The van der Waals surface area contributed by atoms with E-state index in [9.17, 15) is 13.5 Å². The number of sulfonamides is 1. The Bertz CT molecular complexity index is 603. The Kier molecular flexibility index (Phi) is 6.02. The van der Waals surface area contributed by atoms with Crippen molar-refractivity contribution in [1.82, 2.24) is 4.90 Å². The summed E-state index contributed by atoms with van der Waals surface area (Å²) in [7, 11) is -3.66. The fourth-order valence-corrected chi connectivity index (χ4v) is 3.69. The summed E-state index contributed by atoms with van der Waals surface area (Å²) in [6, 6.07) is 6.11. The van der Waals surface area contributed by atoms with E-state index < -0.39 is 10.0 Å². The Morgan fingerprint density at radius 1 is 1.35 bits per heavy atom. The summed E-state index contributed by atoms with van der Waals surface area (Å²) in [4.78, 5) is 2.39. The van der Waals surface area contributed by atoms with E-state index in [2.05, 4.69) is 11.8 Å². The number of rotatable bonds is 8. The highest BCUT2D eigenvalue weighted by Crippen LogP contribution is 2.34. The van der Waals surface area contributed by atoms with E-state index in [1.807, 2.05) is 0 Å². The molecule has 1 unspecified atom stereocenters. The molecule has 23 heavy (non-hydrogen) atoms. The van der Waals surface area contributed by atoms with E-state index in [-0.39, 0.29) is 16.9 Å². The van der Waals surface area contributed by atoms with Crippen molar-refractivity contribution in [3.05, 3.63) is 24.3 Å².